The van der Waals surface area contributed by atoms with Crippen LogP contribution in [-0.4, -0.2) is 57.8 Å². The van der Waals surface area contributed by atoms with Crippen LogP contribution in [0, 0.1) is 0 Å². The molecule has 2 aromatic heterocycles. The molecule has 47 heavy (non-hydrogen) atoms. The number of anilines is 2. The lowest BCUT2D eigenvalue weighted by atomic mass is 10.1. The molecule has 0 amide bonds. The quantitative estimate of drug-likeness (QED) is 0.115. The third-order valence-corrected chi connectivity index (χ3v) is 8.34. The van der Waals surface area contributed by atoms with Gasteiger partial charge in [0, 0.05) is 57.9 Å². The number of nitrogen functional groups attached to an aromatic ring is 1. The Bertz CT molecular complexity index is 1750. The summed E-state index contributed by atoms with van der Waals surface area (Å²) in [4.78, 5) is 8.90. The van der Waals surface area contributed by atoms with Crippen molar-refractivity contribution in [1.29, 1.82) is 0 Å². The maximum Gasteiger partial charge on any atom is 0.157 e. The van der Waals surface area contributed by atoms with Gasteiger partial charge in [-0.15, -0.1) is 20.4 Å². The summed E-state index contributed by atoms with van der Waals surface area (Å²) >= 11 is 24.7. The molecule has 14 heteroatoms. The Labute approximate surface area is 294 Å². The van der Waals surface area contributed by atoms with Gasteiger partial charge in [0.2, 0.25) is 0 Å². The molecule has 0 atom stereocenters. The second-order valence-electron chi connectivity index (χ2n) is 10.1. The van der Waals surface area contributed by atoms with Gasteiger partial charge in [0.15, 0.2) is 23.3 Å². The first-order valence-electron chi connectivity index (χ1n) is 14.7. The molecule has 0 saturated carbocycles. The summed E-state index contributed by atoms with van der Waals surface area (Å²) in [6.07, 6.45) is 2.99. The Kier molecular flexibility index (Phi) is 14.4. The predicted octanol–water partition coefficient (Wildman–Crippen LogP) is 8.04. The second-order valence-corrected chi connectivity index (χ2v) is 11.7. The van der Waals surface area contributed by atoms with Crippen molar-refractivity contribution < 1.29 is 9.47 Å². The van der Waals surface area contributed by atoms with Gasteiger partial charge in [-0.05, 0) is 30.5 Å². The SMILES string of the molecule is COCCCc1nnc(-c2cccc(Cl)c2Cl)c(N)n1.COCCCc1nnc(-c2cccc(Cl)c2Cl)c(NCc2ccccc2)n1. The van der Waals surface area contributed by atoms with E-state index in [1.165, 1.54) is 0 Å². The van der Waals surface area contributed by atoms with Crippen molar-refractivity contribution in [2.75, 3.05) is 38.5 Å². The number of aryl methyl sites for hydroxylation is 2. The molecule has 0 spiro atoms. The largest absolute Gasteiger partial charge is 0.385 e. The number of hydrogen-bond donors (Lipinski definition) is 2. The number of nitrogens with one attached hydrogen (secondary N) is 1. The number of nitrogens with zero attached hydrogens (tertiary/aromatic N) is 6. The maximum atomic E-state index is 6.39. The standard InChI is InChI=1S/C20H20Cl2N4O.C13H14Cl2N4O/c1-27-12-6-11-17-24-20(23-13-14-7-3-2-4-8-14)19(26-25-17)15-9-5-10-16(21)18(15)22;1-20-7-3-6-10-17-13(16)12(19-18-10)8-4-2-5-9(14)11(8)15/h2-5,7-10H,6,11-13H2,1H3,(H,23,24,25);2,4-5H,3,6-7H2,1H3,(H2,16,17,18). The molecule has 0 saturated heterocycles. The van der Waals surface area contributed by atoms with Gasteiger partial charge in [0.05, 0.1) is 20.1 Å². The minimum Gasteiger partial charge on any atom is -0.385 e. The Morgan fingerprint density at radius 1 is 0.638 bits per heavy atom. The average Bonchev–Trinajstić information content (AvgIpc) is 3.08. The summed E-state index contributed by atoms with van der Waals surface area (Å²) < 4.78 is 10.1. The number of aromatic nitrogens is 6. The minimum atomic E-state index is 0.289. The van der Waals surface area contributed by atoms with Crippen molar-refractivity contribution in [1.82, 2.24) is 30.4 Å². The zero-order chi connectivity index (χ0) is 33.6. The molecule has 0 aliphatic heterocycles. The maximum absolute atomic E-state index is 6.39. The summed E-state index contributed by atoms with van der Waals surface area (Å²) in [5, 5.41) is 21.9. The number of ether oxygens (including phenoxy) is 2. The van der Waals surface area contributed by atoms with Gasteiger partial charge in [0.1, 0.15) is 11.4 Å². The first-order chi connectivity index (χ1) is 22.8. The van der Waals surface area contributed by atoms with Crippen molar-refractivity contribution in [3.05, 3.63) is 104 Å². The van der Waals surface area contributed by atoms with E-state index >= 15 is 0 Å². The highest BCUT2D eigenvalue weighted by Gasteiger charge is 2.16. The lowest BCUT2D eigenvalue weighted by molar-refractivity contribution is 0.194. The fraction of sp³-hybridized carbons (Fsp3) is 0.273. The Hall–Kier alpha value is -3.64. The molecule has 10 nitrogen and oxygen atoms in total. The van der Waals surface area contributed by atoms with Crippen molar-refractivity contribution in [2.24, 2.45) is 0 Å². The Morgan fingerprint density at radius 3 is 1.72 bits per heavy atom. The van der Waals surface area contributed by atoms with Crippen molar-refractivity contribution in [3.63, 3.8) is 0 Å². The highest BCUT2D eigenvalue weighted by Crippen LogP contribution is 2.36. The van der Waals surface area contributed by atoms with Crippen LogP contribution in [0.5, 0.6) is 0 Å². The number of halogens is 4. The zero-order valence-corrected chi connectivity index (χ0v) is 28.9. The van der Waals surface area contributed by atoms with Crippen LogP contribution in [0.15, 0.2) is 66.7 Å². The van der Waals surface area contributed by atoms with Crippen LogP contribution in [0.3, 0.4) is 0 Å². The Morgan fingerprint density at radius 2 is 1.17 bits per heavy atom. The van der Waals surface area contributed by atoms with E-state index in [9.17, 15) is 0 Å². The highest BCUT2D eigenvalue weighted by atomic mass is 35.5. The van der Waals surface area contributed by atoms with E-state index in [0.29, 0.717) is 92.7 Å². The van der Waals surface area contributed by atoms with Crippen molar-refractivity contribution in [2.45, 2.75) is 32.2 Å². The van der Waals surface area contributed by atoms with E-state index in [4.69, 9.17) is 61.6 Å². The van der Waals surface area contributed by atoms with Crippen LogP contribution in [0.2, 0.25) is 20.1 Å². The van der Waals surface area contributed by atoms with E-state index in [1.54, 1.807) is 38.5 Å². The summed E-state index contributed by atoms with van der Waals surface area (Å²) in [7, 11) is 3.33. The van der Waals surface area contributed by atoms with Crippen LogP contribution < -0.4 is 11.1 Å². The number of rotatable bonds is 13. The van der Waals surface area contributed by atoms with Crippen LogP contribution in [0.4, 0.5) is 11.6 Å². The monoisotopic (exact) mass is 714 g/mol. The van der Waals surface area contributed by atoms with E-state index in [0.717, 1.165) is 18.4 Å². The molecule has 0 aliphatic carbocycles. The second kappa shape index (κ2) is 18.6. The lowest BCUT2D eigenvalue weighted by Gasteiger charge is -2.13. The van der Waals surface area contributed by atoms with Crippen LogP contribution in [-0.2, 0) is 28.9 Å². The van der Waals surface area contributed by atoms with Gasteiger partial charge in [-0.25, -0.2) is 9.97 Å². The van der Waals surface area contributed by atoms with E-state index < -0.39 is 0 Å². The molecule has 2 heterocycles. The molecule has 0 aliphatic rings. The lowest BCUT2D eigenvalue weighted by Crippen LogP contribution is -2.09. The molecule has 0 bridgehead atoms. The third-order valence-electron chi connectivity index (χ3n) is 6.70. The topological polar surface area (TPSA) is 134 Å². The number of benzene rings is 3. The van der Waals surface area contributed by atoms with Crippen LogP contribution >= 0.6 is 46.4 Å². The minimum absolute atomic E-state index is 0.289. The number of hydrogen-bond acceptors (Lipinski definition) is 10. The fourth-order valence-electron chi connectivity index (χ4n) is 4.35. The van der Waals surface area contributed by atoms with Crippen LogP contribution in [0.25, 0.3) is 22.5 Å². The molecule has 3 N–H and O–H groups in total. The van der Waals surface area contributed by atoms with Gasteiger partial charge < -0.3 is 20.5 Å². The highest BCUT2D eigenvalue weighted by molar-refractivity contribution is 6.44. The third kappa shape index (κ3) is 10.4. The number of nitrogens with two attached hydrogens (primary N) is 1. The molecule has 5 aromatic rings. The van der Waals surface area contributed by atoms with Gasteiger partial charge in [-0.3, -0.25) is 0 Å². The zero-order valence-electron chi connectivity index (χ0n) is 25.9. The van der Waals surface area contributed by atoms with Crippen molar-refractivity contribution >= 4 is 58.0 Å². The molecule has 246 valence electrons. The average molecular weight is 717 g/mol. The summed E-state index contributed by atoms with van der Waals surface area (Å²) in [5.74, 6) is 2.16. The van der Waals surface area contributed by atoms with E-state index in [1.807, 2.05) is 42.5 Å². The first-order valence-corrected chi connectivity index (χ1v) is 16.2. The van der Waals surface area contributed by atoms with E-state index in [2.05, 4.69) is 35.7 Å². The molecule has 0 radical (unpaired) electrons. The molecular formula is C33H34Cl4N8O2. The molecule has 0 unspecified atom stereocenters. The van der Waals surface area contributed by atoms with E-state index in [-0.39, 0.29) is 5.82 Å². The normalized spacial score (nSPS) is 10.8. The fourth-order valence-corrected chi connectivity index (χ4v) is 5.13. The summed E-state index contributed by atoms with van der Waals surface area (Å²) in [6, 6.07) is 20.8. The molecule has 3 aromatic carbocycles. The first kappa shape index (κ1) is 36.2. The molecule has 0 fully saturated rings. The molecular weight excluding hydrogens is 682 g/mol. The predicted molar refractivity (Wildman–Crippen MR) is 189 cm³/mol. The van der Waals surface area contributed by atoms with Crippen molar-refractivity contribution in [3.8, 4) is 22.5 Å². The summed E-state index contributed by atoms with van der Waals surface area (Å²) in [6.45, 7) is 1.91. The van der Waals surface area contributed by atoms with Gasteiger partial charge in [-0.2, -0.15) is 0 Å². The van der Waals surface area contributed by atoms with Gasteiger partial charge in [-0.1, -0.05) is 101 Å². The smallest absolute Gasteiger partial charge is 0.157 e. The molecule has 5 rings (SSSR count). The summed E-state index contributed by atoms with van der Waals surface area (Å²) in [5.41, 5.74) is 9.41. The van der Waals surface area contributed by atoms with Crippen LogP contribution in [0.1, 0.15) is 30.1 Å². The van der Waals surface area contributed by atoms with Gasteiger partial charge in [0.25, 0.3) is 0 Å². The Balaban J connectivity index is 0.000000223. The number of methoxy groups -OCH3 is 2. The van der Waals surface area contributed by atoms with Gasteiger partial charge >= 0.3 is 0 Å².